The zero-order valence-electron chi connectivity index (χ0n) is 19.6. The number of benzene rings is 2. The van der Waals surface area contributed by atoms with Crippen LogP contribution in [0.25, 0.3) is 0 Å². The number of nitrogens with one attached hydrogen (secondary N) is 1. The lowest BCUT2D eigenvalue weighted by atomic mass is 10.2. The first-order chi connectivity index (χ1) is 16.7. The highest BCUT2D eigenvalue weighted by Gasteiger charge is 2.21. The predicted molar refractivity (Wildman–Crippen MR) is 132 cm³/mol. The van der Waals surface area contributed by atoms with E-state index in [1.165, 1.54) is 11.4 Å². The van der Waals surface area contributed by atoms with Crippen LogP contribution in [0.1, 0.15) is 17.1 Å². The van der Waals surface area contributed by atoms with Gasteiger partial charge in [-0.15, -0.1) is 0 Å². The van der Waals surface area contributed by atoms with Gasteiger partial charge in [-0.2, -0.15) is 5.10 Å². The third-order valence-electron chi connectivity index (χ3n) is 5.34. The molecule has 0 unspecified atom stereocenters. The summed E-state index contributed by atoms with van der Waals surface area (Å²) in [6.07, 6.45) is 1.59. The number of carbonyl (C=O) groups is 1. The van der Waals surface area contributed by atoms with Crippen LogP contribution < -0.4 is 14.4 Å². The van der Waals surface area contributed by atoms with Crippen LogP contribution in [-0.4, -0.2) is 37.8 Å². The number of anilines is 2. The molecule has 0 atom stereocenters. The van der Waals surface area contributed by atoms with E-state index < -0.39 is 10.0 Å². The normalized spacial score (nSPS) is 11.3. The summed E-state index contributed by atoms with van der Waals surface area (Å²) in [5, 5.41) is 6.98. The van der Waals surface area contributed by atoms with Crippen LogP contribution in [0.2, 0.25) is 0 Å². The maximum atomic E-state index is 12.9. The summed E-state index contributed by atoms with van der Waals surface area (Å²) in [6, 6.07) is 18.6. The number of hydrogen-bond acceptors (Lipinski definition) is 6. The molecule has 2 aromatic carbocycles. The molecule has 0 aliphatic rings. The fourth-order valence-electron chi connectivity index (χ4n) is 3.37. The minimum Gasteiger partial charge on any atom is -0.484 e. The molecule has 0 aliphatic heterocycles. The van der Waals surface area contributed by atoms with Gasteiger partial charge in [0.1, 0.15) is 29.6 Å². The van der Waals surface area contributed by atoms with Gasteiger partial charge >= 0.3 is 0 Å². The van der Waals surface area contributed by atoms with Gasteiger partial charge in [-0.05, 0) is 62.4 Å². The molecule has 1 N–H and O–H groups in total. The van der Waals surface area contributed by atoms with E-state index in [-0.39, 0.29) is 17.4 Å². The van der Waals surface area contributed by atoms with Crippen LogP contribution in [0.4, 0.5) is 11.5 Å². The zero-order chi connectivity index (χ0) is 25.0. The average molecular weight is 495 g/mol. The Bertz CT molecular complexity index is 1410. The molecule has 35 heavy (non-hydrogen) atoms. The molecule has 0 bridgehead atoms. The molecule has 182 valence electrons. The zero-order valence-corrected chi connectivity index (χ0v) is 20.5. The fourth-order valence-corrected chi connectivity index (χ4v) is 4.57. The van der Waals surface area contributed by atoms with E-state index in [0.717, 1.165) is 17.1 Å². The molecule has 0 fully saturated rings. The summed E-state index contributed by atoms with van der Waals surface area (Å²) in [4.78, 5) is 12.6. The molecule has 0 radical (unpaired) electrons. The van der Waals surface area contributed by atoms with Gasteiger partial charge in [0.05, 0.1) is 16.8 Å². The summed E-state index contributed by atoms with van der Waals surface area (Å²) in [5.41, 5.74) is 1.45. The topological polar surface area (TPSA) is 107 Å². The van der Waals surface area contributed by atoms with Crippen molar-refractivity contribution in [2.24, 2.45) is 0 Å². The number of furan rings is 1. The van der Waals surface area contributed by atoms with E-state index in [9.17, 15) is 13.2 Å². The van der Waals surface area contributed by atoms with Crippen molar-refractivity contribution in [1.29, 1.82) is 0 Å². The molecule has 1 amide bonds. The maximum Gasteiger partial charge on any atom is 0.264 e. The Morgan fingerprint density at radius 3 is 2.40 bits per heavy atom. The van der Waals surface area contributed by atoms with Crippen molar-refractivity contribution < 1.29 is 22.4 Å². The van der Waals surface area contributed by atoms with Crippen molar-refractivity contribution in [1.82, 2.24) is 9.78 Å². The molecule has 2 heterocycles. The number of rotatable bonds is 9. The molecule has 4 aromatic rings. The molecule has 9 nitrogen and oxygen atoms in total. The summed E-state index contributed by atoms with van der Waals surface area (Å²) in [7, 11) is -2.20. The highest BCUT2D eigenvalue weighted by atomic mass is 32.2. The molecule has 0 spiro atoms. The number of aromatic nitrogens is 2. The second-order valence-corrected chi connectivity index (χ2v) is 9.97. The molecule has 0 saturated carbocycles. The van der Waals surface area contributed by atoms with Crippen molar-refractivity contribution in [2.75, 3.05) is 23.3 Å². The van der Waals surface area contributed by atoms with Gasteiger partial charge in [-0.25, -0.2) is 13.1 Å². The number of ether oxygens (including phenoxy) is 1. The third-order valence-corrected chi connectivity index (χ3v) is 7.14. The van der Waals surface area contributed by atoms with Gasteiger partial charge in [0.2, 0.25) is 0 Å². The predicted octanol–water partition coefficient (Wildman–Crippen LogP) is 3.98. The summed E-state index contributed by atoms with van der Waals surface area (Å²) in [5.74, 6) is 2.13. The number of sulfonamides is 1. The van der Waals surface area contributed by atoms with Gasteiger partial charge in [0, 0.05) is 13.1 Å². The number of hydrogen-bond donors (Lipinski definition) is 1. The Labute approximate surface area is 204 Å². The Hall–Kier alpha value is -4.05. The summed E-state index contributed by atoms with van der Waals surface area (Å²) < 4.78 is 39.7. The van der Waals surface area contributed by atoms with Gasteiger partial charge in [-0.3, -0.25) is 9.10 Å². The van der Waals surface area contributed by atoms with Crippen molar-refractivity contribution in [3.63, 3.8) is 0 Å². The first-order valence-corrected chi connectivity index (χ1v) is 12.3. The van der Waals surface area contributed by atoms with Gasteiger partial charge in [0.25, 0.3) is 15.9 Å². The molecular weight excluding hydrogens is 468 g/mol. The second kappa shape index (κ2) is 10.1. The Balaban J connectivity index is 1.34. The molecule has 10 heteroatoms. The largest absolute Gasteiger partial charge is 0.484 e. The van der Waals surface area contributed by atoms with Crippen molar-refractivity contribution in [3.8, 4) is 5.75 Å². The Morgan fingerprint density at radius 1 is 1.03 bits per heavy atom. The van der Waals surface area contributed by atoms with Crippen LogP contribution in [0.5, 0.6) is 5.75 Å². The highest BCUT2D eigenvalue weighted by molar-refractivity contribution is 7.92. The van der Waals surface area contributed by atoms with E-state index in [4.69, 9.17) is 9.15 Å². The standard InChI is InChI=1S/C25H26N4O5S/c1-18-4-12-23(13-5-18)35(31,32)28(3)20-7-10-21(11-8-20)33-17-25(30)27-24-14-15-26-29(24)16-22-9-6-19(2)34-22/h4-15H,16-17H2,1-3H3,(H,27,30). The minimum absolute atomic E-state index is 0.212. The fraction of sp³-hybridized carbons (Fsp3) is 0.200. The van der Waals surface area contributed by atoms with E-state index in [1.54, 1.807) is 65.5 Å². The van der Waals surface area contributed by atoms with E-state index >= 15 is 0 Å². The van der Waals surface area contributed by atoms with Gasteiger partial charge < -0.3 is 14.5 Å². The number of amides is 1. The lowest BCUT2D eigenvalue weighted by Crippen LogP contribution is -2.26. The molecular formula is C25H26N4O5S. The monoisotopic (exact) mass is 494 g/mol. The number of aryl methyl sites for hydroxylation is 2. The van der Waals surface area contributed by atoms with Crippen LogP contribution >= 0.6 is 0 Å². The van der Waals surface area contributed by atoms with Crippen molar-refractivity contribution in [3.05, 3.63) is 90.0 Å². The SMILES string of the molecule is Cc1ccc(S(=O)(=O)N(C)c2ccc(OCC(=O)Nc3ccnn3Cc3ccc(C)o3)cc2)cc1. The van der Waals surface area contributed by atoms with Crippen LogP contribution in [0, 0.1) is 13.8 Å². The lowest BCUT2D eigenvalue weighted by molar-refractivity contribution is -0.118. The quantitative estimate of drug-likeness (QED) is 0.377. The minimum atomic E-state index is -3.69. The molecule has 2 aromatic heterocycles. The molecule has 0 aliphatic carbocycles. The van der Waals surface area contributed by atoms with Gasteiger partial charge in [0.15, 0.2) is 6.61 Å². The highest BCUT2D eigenvalue weighted by Crippen LogP contribution is 2.24. The smallest absolute Gasteiger partial charge is 0.264 e. The summed E-state index contributed by atoms with van der Waals surface area (Å²) in [6.45, 7) is 3.93. The lowest BCUT2D eigenvalue weighted by Gasteiger charge is -2.20. The number of nitrogens with zero attached hydrogens (tertiary/aromatic N) is 3. The average Bonchev–Trinajstić information content (AvgIpc) is 3.46. The van der Waals surface area contributed by atoms with Crippen molar-refractivity contribution >= 4 is 27.4 Å². The van der Waals surface area contributed by atoms with Crippen LogP contribution in [0.3, 0.4) is 0 Å². The third kappa shape index (κ3) is 5.72. The van der Waals surface area contributed by atoms with E-state index in [0.29, 0.717) is 23.8 Å². The first kappa shape index (κ1) is 24.1. The second-order valence-electron chi connectivity index (χ2n) is 8.00. The number of carbonyl (C=O) groups excluding carboxylic acids is 1. The Morgan fingerprint density at radius 2 is 1.74 bits per heavy atom. The van der Waals surface area contributed by atoms with Crippen LogP contribution in [-0.2, 0) is 21.4 Å². The Kier molecular flexibility index (Phi) is 6.92. The maximum absolute atomic E-state index is 12.9. The molecule has 4 rings (SSSR count). The van der Waals surface area contributed by atoms with Crippen molar-refractivity contribution in [2.45, 2.75) is 25.3 Å². The first-order valence-electron chi connectivity index (χ1n) is 10.9. The molecule has 0 saturated heterocycles. The summed E-state index contributed by atoms with van der Waals surface area (Å²) >= 11 is 0. The van der Waals surface area contributed by atoms with E-state index in [1.807, 2.05) is 26.0 Å². The van der Waals surface area contributed by atoms with Gasteiger partial charge in [-0.1, -0.05) is 17.7 Å². The van der Waals surface area contributed by atoms with Crippen LogP contribution in [0.15, 0.2) is 82.2 Å². The van der Waals surface area contributed by atoms with E-state index in [2.05, 4.69) is 10.4 Å².